The Morgan fingerprint density at radius 3 is 2.47 bits per heavy atom. The number of fused-ring (bicyclic) bond motifs is 1. The molecule has 0 aliphatic carbocycles. The van der Waals surface area contributed by atoms with E-state index >= 15 is 0 Å². The lowest BCUT2D eigenvalue weighted by Gasteiger charge is -2.34. The van der Waals surface area contributed by atoms with Crippen molar-refractivity contribution in [3.8, 4) is 17.2 Å². The molecule has 0 amide bonds. The van der Waals surface area contributed by atoms with Crippen LogP contribution in [0.3, 0.4) is 0 Å². The molecule has 0 radical (unpaired) electrons. The van der Waals surface area contributed by atoms with Crippen molar-refractivity contribution in [2.75, 3.05) is 33.9 Å². The quantitative estimate of drug-likeness (QED) is 0.562. The van der Waals surface area contributed by atoms with Gasteiger partial charge in [0.05, 0.1) is 13.2 Å². The smallest absolute Gasteiger partial charge is 0.123 e. The van der Waals surface area contributed by atoms with Crippen LogP contribution >= 0.6 is 0 Å². The second kappa shape index (κ2) is 9.23. The molecule has 0 aromatic heterocycles. The van der Waals surface area contributed by atoms with Crippen molar-refractivity contribution in [3.63, 3.8) is 0 Å². The zero-order chi connectivity index (χ0) is 20.9. The molecule has 156 valence electrons. The van der Waals surface area contributed by atoms with Crippen LogP contribution in [0.4, 0.5) is 0 Å². The maximum atomic E-state index is 10.1. The molecule has 4 heteroatoms. The molecule has 3 aromatic carbocycles. The van der Waals surface area contributed by atoms with E-state index in [4.69, 9.17) is 9.47 Å². The average Bonchev–Trinajstić information content (AvgIpc) is 2.77. The SMILES string of the molecule is CN(C)CCCOc1ccc([C@H]2c3cc(O)ccc3OC[C@H]2c2ccccc2)cc1. The summed E-state index contributed by atoms with van der Waals surface area (Å²) in [6.07, 6.45) is 0.997. The lowest BCUT2D eigenvalue weighted by molar-refractivity contribution is 0.248. The predicted octanol–water partition coefficient (Wildman–Crippen LogP) is 5.03. The fraction of sp³-hybridized carbons (Fsp3) is 0.308. The van der Waals surface area contributed by atoms with Crippen LogP contribution in [0.2, 0.25) is 0 Å². The minimum Gasteiger partial charge on any atom is -0.508 e. The molecule has 0 unspecified atom stereocenters. The van der Waals surface area contributed by atoms with E-state index in [2.05, 4.69) is 55.4 Å². The lowest BCUT2D eigenvalue weighted by atomic mass is 9.76. The third-order valence-corrected chi connectivity index (χ3v) is 5.63. The summed E-state index contributed by atoms with van der Waals surface area (Å²) in [6, 6.07) is 24.2. The van der Waals surface area contributed by atoms with Gasteiger partial charge >= 0.3 is 0 Å². The molecular formula is C26H29NO3. The first-order chi connectivity index (χ1) is 14.6. The molecule has 0 saturated carbocycles. The minimum atomic E-state index is 0.103. The third-order valence-electron chi connectivity index (χ3n) is 5.63. The number of rotatable bonds is 7. The molecule has 2 atom stereocenters. The second-order valence-corrected chi connectivity index (χ2v) is 8.10. The number of phenols is 1. The highest BCUT2D eigenvalue weighted by Gasteiger charge is 2.33. The first-order valence-corrected chi connectivity index (χ1v) is 10.5. The Balaban J connectivity index is 1.61. The van der Waals surface area contributed by atoms with Gasteiger partial charge in [-0.25, -0.2) is 0 Å². The largest absolute Gasteiger partial charge is 0.508 e. The predicted molar refractivity (Wildman–Crippen MR) is 120 cm³/mol. The summed E-state index contributed by atoms with van der Waals surface area (Å²) in [5.74, 6) is 2.27. The molecule has 1 N–H and O–H groups in total. The summed E-state index contributed by atoms with van der Waals surface area (Å²) in [4.78, 5) is 2.16. The number of hydrogen-bond donors (Lipinski definition) is 1. The van der Waals surface area contributed by atoms with E-state index in [1.165, 1.54) is 11.1 Å². The molecule has 0 bridgehead atoms. The molecule has 1 aliphatic heterocycles. The number of nitrogens with zero attached hydrogens (tertiary/aromatic N) is 1. The Hall–Kier alpha value is -2.98. The molecular weight excluding hydrogens is 374 g/mol. The van der Waals surface area contributed by atoms with Gasteiger partial charge in [-0.1, -0.05) is 42.5 Å². The van der Waals surface area contributed by atoms with Crippen LogP contribution in [0.1, 0.15) is 34.9 Å². The van der Waals surface area contributed by atoms with E-state index < -0.39 is 0 Å². The summed E-state index contributed by atoms with van der Waals surface area (Å²) < 4.78 is 12.0. The van der Waals surface area contributed by atoms with Gasteiger partial charge in [-0.05, 0) is 62.0 Å². The van der Waals surface area contributed by atoms with E-state index in [0.29, 0.717) is 13.2 Å². The standard InChI is InChI=1S/C26H29NO3/c1-27(2)15-6-16-29-22-12-9-20(10-13-22)26-23-17-21(28)11-14-25(23)30-18-24(26)19-7-4-3-5-8-19/h3-5,7-14,17,24,26,28H,6,15-16,18H2,1-2H3/t24-,26-/m0/s1. The van der Waals surface area contributed by atoms with Gasteiger partial charge < -0.3 is 19.5 Å². The Bertz CT molecular complexity index is 954. The Morgan fingerprint density at radius 1 is 0.967 bits per heavy atom. The van der Waals surface area contributed by atoms with Crippen molar-refractivity contribution in [2.45, 2.75) is 18.3 Å². The van der Waals surface area contributed by atoms with Crippen LogP contribution in [0.5, 0.6) is 17.2 Å². The highest BCUT2D eigenvalue weighted by atomic mass is 16.5. The van der Waals surface area contributed by atoms with Gasteiger partial charge in [0.15, 0.2) is 0 Å². The normalized spacial score (nSPS) is 18.0. The van der Waals surface area contributed by atoms with Crippen LogP contribution < -0.4 is 9.47 Å². The van der Waals surface area contributed by atoms with E-state index in [0.717, 1.165) is 30.0 Å². The number of hydrogen-bond acceptors (Lipinski definition) is 4. The van der Waals surface area contributed by atoms with Gasteiger partial charge in [0.25, 0.3) is 0 Å². The van der Waals surface area contributed by atoms with E-state index in [1.54, 1.807) is 6.07 Å². The molecule has 30 heavy (non-hydrogen) atoms. The second-order valence-electron chi connectivity index (χ2n) is 8.10. The maximum Gasteiger partial charge on any atom is 0.123 e. The van der Waals surface area contributed by atoms with E-state index in [9.17, 15) is 5.11 Å². The van der Waals surface area contributed by atoms with Crippen LogP contribution in [-0.4, -0.2) is 43.9 Å². The fourth-order valence-corrected chi connectivity index (χ4v) is 4.15. The molecule has 0 saturated heterocycles. The van der Waals surface area contributed by atoms with E-state index in [-0.39, 0.29) is 17.6 Å². The summed E-state index contributed by atoms with van der Waals surface area (Å²) >= 11 is 0. The summed E-state index contributed by atoms with van der Waals surface area (Å²) in [6.45, 7) is 2.33. The molecule has 3 aromatic rings. The van der Waals surface area contributed by atoms with Gasteiger partial charge in [-0.3, -0.25) is 0 Å². The Labute approximate surface area is 178 Å². The number of aromatic hydroxyl groups is 1. The highest BCUT2D eigenvalue weighted by Crippen LogP contribution is 2.47. The molecule has 0 spiro atoms. The van der Waals surface area contributed by atoms with Crippen molar-refractivity contribution in [1.29, 1.82) is 0 Å². The van der Waals surface area contributed by atoms with Crippen LogP contribution in [0, 0.1) is 0 Å². The van der Waals surface area contributed by atoms with Crippen molar-refractivity contribution in [1.82, 2.24) is 4.90 Å². The zero-order valence-electron chi connectivity index (χ0n) is 17.6. The zero-order valence-corrected chi connectivity index (χ0v) is 17.6. The summed E-state index contributed by atoms with van der Waals surface area (Å²) in [5, 5.41) is 10.1. The summed E-state index contributed by atoms with van der Waals surface area (Å²) in [5.41, 5.74) is 3.45. The van der Waals surface area contributed by atoms with Crippen LogP contribution in [-0.2, 0) is 0 Å². The van der Waals surface area contributed by atoms with Crippen molar-refractivity contribution < 1.29 is 14.6 Å². The number of phenolic OH excluding ortho intramolecular Hbond substituents is 1. The lowest BCUT2D eigenvalue weighted by Crippen LogP contribution is -2.25. The molecule has 4 nitrogen and oxygen atoms in total. The Kier molecular flexibility index (Phi) is 6.24. The first-order valence-electron chi connectivity index (χ1n) is 10.5. The van der Waals surface area contributed by atoms with Crippen LogP contribution in [0.15, 0.2) is 72.8 Å². The van der Waals surface area contributed by atoms with Crippen molar-refractivity contribution >= 4 is 0 Å². The molecule has 1 aliphatic rings. The fourth-order valence-electron chi connectivity index (χ4n) is 4.15. The monoisotopic (exact) mass is 403 g/mol. The maximum absolute atomic E-state index is 10.1. The summed E-state index contributed by atoms with van der Waals surface area (Å²) in [7, 11) is 4.14. The Morgan fingerprint density at radius 2 is 1.73 bits per heavy atom. The molecule has 4 rings (SSSR count). The topological polar surface area (TPSA) is 41.9 Å². The van der Waals surface area contributed by atoms with E-state index in [1.807, 2.05) is 30.3 Å². The average molecular weight is 404 g/mol. The first kappa shape index (κ1) is 20.3. The van der Waals surface area contributed by atoms with Gasteiger partial charge in [-0.2, -0.15) is 0 Å². The van der Waals surface area contributed by atoms with Crippen molar-refractivity contribution in [3.05, 3.63) is 89.5 Å². The van der Waals surface area contributed by atoms with Gasteiger partial charge in [0, 0.05) is 23.9 Å². The van der Waals surface area contributed by atoms with Gasteiger partial charge in [-0.15, -0.1) is 0 Å². The number of benzene rings is 3. The molecule has 1 heterocycles. The highest BCUT2D eigenvalue weighted by molar-refractivity contribution is 5.51. The third kappa shape index (κ3) is 4.60. The molecule has 0 fully saturated rings. The minimum absolute atomic E-state index is 0.103. The van der Waals surface area contributed by atoms with Crippen molar-refractivity contribution in [2.24, 2.45) is 0 Å². The number of ether oxygens (including phenoxy) is 2. The van der Waals surface area contributed by atoms with Gasteiger partial charge in [0.1, 0.15) is 17.2 Å². The van der Waals surface area contributed by atoms with Crippen LogP contribution in [0.25, 0.3) is 0 Å². The van der Waals surface area contributed by atoms with Gasteiger partial charge in [0.2, 0.25) is 0 Å².